The molecule has 1 heterocycles. The van der Waals surface area contributed by atoms with Crippen LogP contribution in [0.2, 0.25) is 5.02 Å². The third-order valence-electron chi connectivity index (χ3n) is 3.54. The first-order chi connectivity index (χ1) is 9.70. The van der Waals surface area contributed by atoms with E-state index in [1.807, 2.05) is 6.92 Å². The first kappa shape index (κ1) is 16.5. The molecule has 0 spiro atoms. The van der Waals surface area contributed by atoms with E-state index in [0.717, 1.165) is 0 Å². The molecule has 1 amide bonds. The van der Waals surface area contributed by atoms with Crippen molar-refractivity contribution in [2.45, 2.75) is 37.3 Å². The Morgan fingerprint density at radius 3 is 2.62 bits per heavy atom. The number of ether oxygens (including phenoxy) is 1. The molecule has 21 heavy (non-hydrogen) atoms. The normalized spacial score (nSPS) is 22.3. The van der Waals surface area contributed by atoms with Crippen molar-refractivity contribution in [2.24, 2.45) is 0 Å². The van der Waals surface area contributed by atoms with Crippen LogP contribution in [-0.2, 0) is 13.8 Å². The summed E-state index contributed by atoms with van der Waals surface area (Å²) in [5.41, 5.74) is 0.700. The molecule has 5 nitrogen and oxygen atoms in total. The van der Waals surface area contributed by atoms with Crippen molar-refractivity contribution < 1.29 is 17.9 Å². The SMILES string of the molecule is Cc1c(Cl)cc(S(=O)(=O)Cl)cc1C(=O)NC1CCOC1C. The molecule has 0 aliphatic carbocycles. The molecule has 0 aromatic heterocycles. The Hall–Kier alpha value is -0.820. The Balaban J connectivity index is 2.34. The number of carbonyl (C=O) groups excluding carboxylic acids is 1. The monoisotopic (exact) mass is 351 g/mol. The predicted octanol–water partition coefficient (Wildman–Crippen LogP) is 2.48. The molecule has 1 aliphatic rings. The fourth-order valence-electron chi connectivity index (χ4n) is 2.20. The van der Waals surface area contributed by atoms with Crippen LogP contribution >= 0.6 is 22.3 Å². The average Bonchev–Trinajstić information content (AvgIpc) is 2.76. The minimum absolute atomic E-state index is 0.0790. The van der Waals surface area contributed by atoms with E-state index in [-0.39, 0.29) is 33.5 Å². The topological polar surface area (TPSA) is 72.5 Å². The van der Waals surface area contributed by atoms with Crippen LogP contribution in [0.4, 0.5) is 0 Å². The van der Waals surface area contributed by atoms with Crippen molar-refractivity contribution in [2.75, 3.05) is 6.61 Å². The molecule has 0 bridgehead atoms. The molecule has 2 unspecified atom stereocenters. The van der Waals surface area contributed by atoms with Crippen LogP contribution in [0.25, 0.3) is 0 Å². The summed E-state index contributed by atoms with van der Waals surface area (Å²) in [5, 5.41) is 3.01. The Kier molecular flexibility index (Phi) is 4.82. The predicted molar refractivity (Wildman–Crippen MR) is 80.5 cm³/mol. The van der Waals surface area contributed by atoms with Gasteiger partial charge < -0.3 is 10.1 Å². The second-order valence-electron chi connectivity index (χ2n) is 4.96. The molecular weight excluding hydrogens is 337 g/mol. The zero-order valence-corrected chi connectivity index (χ0v) is 13.8. The lowest BCUT2D eigenvalue weighted by atomic mass is 10.1. The van der Waals surface area contributed by atoms with Crippen LogP contribution in [0, 0.1) is 6.92 Å². The standard InChI is InChI=1S/C13H15Cl2NO4S/c1-7-10(5-9(6-11(7)14)21(15,18)19)13(17)16-12-3-4-20-8(12)2/h5-6,8,12H,3-4H2,1-2H3,(H,16,17). The highest BCUT2D eigenvalue weighted by Gasteiger charge is 2.27. The number of nitrogens with one attached hydrogen (secondary N) is 1. The number of benzene rings is 1. The summed E-state index contributed by atoms with van der Waals surface area (Å²) in [5.74, 6) is -0.390. The summed E-state index contributed by atoms with van der Waals surface area (Å²) in [4.78, 5) is 12.1. The molecule has 1 N–H and O–H groups in total. The molecule has 2 atom stereocenters. The number of hydrogen-bond acceptors (Lipinski definition) is 4. The quantitative estimate of drug-likeness (QED) is 0.849. The van der Waals surface area contributed by atoms with Crippen molar-refractivity contribution in [1.29, 1.82) is 0 Å². The highest BCUT2D eigenvalue weighted by molar-refractivity contribution is 8.13. The van der Waals surface area contributed by atoms with Crippen LogP contribution < -0.4 is 5.32 Å². The molecule has 2 rings (SSSR count). The maximum atomic E-state index is 12.3. The Morgan fingerprint density at radius 1 is 1.43 bits per heavy atom. The highest BCUT2D eigenvalue weighted by atomic mass is 35.7. The van der Waals surface area contributed by atoms with Crippen LogP contribution in [0.15, 0.2) is 17.0 Å². The van der Waals surface area contributed by atoms with Gasteiger partial charge in [-0.1, -0.05) is 11.6 Å². The number of amides is 1. The summed E-state index contributed by atoms with van der Waals surface area (Å²) in [6.07, 6.45) is 0.636. The summed E-state index contributed by atoms with van der Waals surface area (Å²) in [6, 6.07) is 2.36. The Bertz CT molecular complexity index is 675. The van der Waals surface area contributed by atoms with Gasteiger partial charge in [-0.05, 0) is 38.0 Å². The fourth-order valence-corrected chi connectivity index (χ4v) is 3.27. The Labute approximate surface area is 133 Å². The van der Waals surface area contributed by atoms with E-state index < -0.39 is 9.05 Å². The fraction of sp³-hybridized carbons (Fsp3) is 0.462. The van der Waals surface area contributed by atoms with Crippen molar-refractivity contribution in [3.63, 3.8) is 0 Å². The van der Waals surface area contributed by atoms with Gasteiger partial charge in [0.2, 0.25) is 0 Å². The lowest BCUT2D eigenvalue weighted by Gasteiger charge is -2.17. The van der Waals surface area contributed by atoms with Gasteiger partial charge in [0.15, 0.2) is 0 Å². The zero-order valence-electron chi connectivity index (χ0n) is 11.5. The van der Waals surface area contributed by atoms with E-state index in [2.05, 4.69) is 5.32 Å². The molecule has 1 fully saturated rings. The van der Waals surface area contributed by atoms with Crippen LogP contribution in [0.1, 0.15) is 29.3 Å². The smallest absolute Gasteiger partial charge is 0.261 e. The van der Waals surface area contributed by atoms with E-state index >= 15 is 0 Å². The molecule has 1 aliphatic heterocycles. The van der Waals surface area contributed by atoms with E-state index in [0.29, 0.717) is 18.6 Å². The Morgan fingerprint density at radius 2 is 2.10 bits per heavy atom. The molecule has 0 radical (unpaired) electrons. The first-order valence-electron chi connectivity index (χ1n) is 6.37. The molecule has 1 saturated heterocycles. The van der Waals surface area contributed by atoms with E-state index in [1.54, 1.807) is 6.92 Å². The van der Waals surface area contributed by atoms with Gasteiger partial charge in [0.05, 0.1) is 17.0 Å². The largest absolute Gasteiger partial charge is 0.376 e. The lowest BCUT2D eigenvalue weighted by molar-refractivity contribution is 0.0865. The maximum absolute atomic E-state index is 12.3. The summed E-state index contributed by atoms with van der Waals surface area (Å²) in [6.45, 7) is 4.11. The van der Waals surface area contributed by atoms with E-state index in [1.165, 1.54) is 12.1 Å². The third-order valence-corrected chi connectivity index (χ3v) is 5.26. The van der Waals surface area contributed by atoms with Gasteiger partial charge in [0.1, 0.15) is 0 Å². The molecule has 116 valence electrons. The van der Waals surface area contributed by atoms with E-state index in [4.69, 9.17) is 27.0 Å². The summed E-state index contributed by atoms with van der Waals surface area (Å²) < 4.78 is 28.2. The van der Waals surface area contributed by atoms with Gasteiger partial charge in [0, 0.05) is 27.9 Å². The van der Waals surface area contributed by atoms with Gasteiger partial charge in [0.25, 0.3) is 15.0 Å². The molecule has 1 aromatic carbocycles. The van der Waals surface area contributed by atoms with Gasteiger partial charge in [-0.25, -0.2) is 8.42 Å². The molecule has 8 heteroatoms. The van der Waals surface area contributed by atoms with Crippen LogP contribution in [0.3, 0.4) is 0 Å². The molecule has 0 saturated carbocycles. The average molecular weight is 352 g/mol. The van der Waals surface area contributed by atoms with Crippen LogP contribution in [-0.4, -0.2) is 33.1 Å². The zero-order chi connectivity index (χ0) is 15.8. The minimum atomic E-state index is -3.95. The van der Waals surface area contributed by atoms with Crippen molar-refractivity contribution >= 4 is 37.2 Å². The summed E-state index contributed by atoms with van der Waals surface area (Å²) in [7, 11) is 1.36. The van der Waals surface area contributed by atoms with Gasteiger partial charge in [-0.15, -0.1) is 0 Å². The summed E-state index contributed by atoms with van der Waals surface area (Å²) >= 11 is 5.99. The second-order valence-corrected chi connectivity index (χ2v) is 7.93. The molecule has 1 aromatic rings. The number of hydrogen-bond donors (Lipinski definition) is 1. The van der Waals surface area contributed by atoms with Gasteiger partial charge in [-0.3, -0.25) is 4.79 Å². The maximum Gasteiger partial charge on any atom is 0.261 e. The third kappa shape index (κ3) is 3.69. The minimum Gasteiger partial charge on any atom is -0.376 e. The lowest BCUT2D eigenvalue weighted by Crippen LogP contribution is -2.39. The second kappa shape index (κ2) is 6.12. The first-order valence-corrected chi connectivity index (χ1v) is 9.06. The van der Waals surface area contributed by atoms with Crippen LogP contribution in [0.5, 0.6) is 0 Å². The van der Waals surface area contributed by atoms with Crippen molar-refractivity contribution in [3.8, 4) is 0 Å². The van der Waals surface area contributed by atoms with Gasteiger partial charge in [-0.2, -0.15) is 0 Å². The van der Waals surface area contributed by atoms with Crippen molar-refractivity contribution in [3.05, 3.63) is 28.3 Å². The number of rotatable bonds is 3. The van der Waals surface area contributed by atoms with Crippen molar-refractivity contribution in [1.82, 2.24) is 5.32 Å². The van der Waals surface area contributed by atoms with E-state index in [9.17, 15) is 13.2 Å². The van der Waals surface area contributed by atoms with Gasteiger partial charge >= 0.3 is 0 Å². The number of carbonyl (C=O) groups is 1. The number of halogens is 2. The highest BCUT2D eigenvalue weighted by Crippen LogP contribution is 2.26. The molecular formula is C13H15Cl2NO4S.